The molecule has 1 fully saturated rings. The van der Waals surface area contributed by atoms with Crippen LogP contribution in [0.1, 0.15) is 49.9 Å². The van der Waals surface area contributed by atoms with Gasteiger partial charge in [-0.15, -0.1) is 0 Å². The Morgan fingerprint density at radius 1 is 1.13 bits per heavy atom. The van der Waals surface area contributed by atoms with Crippen molar-refractivity contribution in [1.82, 2.24) is 5.32 Å². The summed E-state index contributed by atoms with van der Waals surface area (Å²) in [4.78, 5) is 14.1. The van der Waals surface area contributed by atoms with Crippen molar-refractivity contribution in [2.75, 3.05) is 48.2 Å². The number of carbonyl (C=O) groups is 1. The highest BCUT2D eigenvalue weighted by Crippen LogP contribution is 2.29. The van der Waals surface area contributed by atoms with Crippen LogP contribution in [0.15, 0.2) is 42.5 Å². The number of hydrogen-bond donors (Lipinski definition) is 4. The van der Waals surface area contributed by atoms with Crippen molar-refractivity contribution >= 4 is 27.4 Å². The number of nitrogens with one attached hydrogen (secondary N) is 2. The van der Waals surface area contributed by atoms with E-state index in [-0.39, 0.29) is 35.8 Å². The summed E-state index contributed by atoms with van der Waals surface area (Å²) in [6.45, 7) is 6.12. The summed E-state index contributed by atoms with van der Waals surface area (Å²) in [7, 11) is -3.56. The number of aliphatic hydroxyl groups excluding tert-OH is 1. The molecule has 0 spiro atoms. The second kappa shape index (κ2) is 14.2. The van der Waals surface area contributed by atoms with Crippen molar-refractivity contribution in [2.45, 2.75) is 51.7 Å². The first kappa shape index (κ1) is 29.5. The predicted octanol–water partition coefficient (Wildman–Crippen LogP) is 3.11. The van der Waals surface area contributed by atoms with Crippen LogP contribution >= 0.6 is 0 Å². The Kier molecular flexibility index (Phi) is 11.1. The lowest BCUT2D eigenvalue weighted by atomic mass is 10.0. The lowest BCUT2D eigenvalue weighted by molar-refractivity contribution is 0.0526. The third-order valence-electron chi connectivity index (χ3n) is 6.32. The van der Waals surface area contributed by atoms with Gasteiger partial charge in [-0.1, -0.05) is 13.3 Å². The van der Waals surface area contributed by atoms with Crippen molar-refractivity contribution < 1.29 is 32.9 Å². The fraction of sp³-hybridized carbons (Fsp3) is 0.519. The lowest BCUT2D eigenvalue weighted by Crippen LogP contribution is -2.45. The molecular formula is C27H39N3O7S. The standard InChI is InChI=1S/C27H39N3O7S/c1-3-5-16-38(34,35)29-25-17-24(10-11-26(25)32)37-19-23(31)18-28-21-12-14-30(15-13-21)22-8-6-20(7-9-22)27(33)36-4-2/h6-11,17,21,23,28-29,31-32H,3-5,12-16,18-19H2,1-2H3. The van der Waals surface area contributed by atoms with E-state index in [4.69, 9.17) is 9.47 Å². The molecule has 11 heteroatoms. The van der Waals surface area contributed by atoms with E-state index < -0.39 is 16.1 Å². The monoisotopic (exact) mass is 549 g/mol. The molecule has 3 rings (SSSR count). The van der Waals surface area contributed by atoms with Crippen LogP contribution in [0.25, 0.3) is 0 Å². The van der Waals surface area contributed by atoms with E-state index in [1.165, 1.54) is 18.2 Å². The van der Waals surface area contributed by atoms with E-state index in [0.29, 0.717) is 30.9 Å². The molecule has 0 aliphatic carbocycles. The van der Waals surface area contributed by atoms with Crippen molar-refractivity contribution in [3.8, 4) is 11.5 Å². The molecule has 10 nitrogen and oxygen atoms in total. The van der Waals surface area contributed by atoms with E-state index in [9.17, 15) is 23.4 Å². The average molecular weight is 550 g/mol. The van der Waals surface area contributed by atoms with Crippen molar-refractivity contribution in [3.05, 3.63) is 48.0 Å². The Bertz CT molecular complexity index is 1130. The number of nitrogens with zero attached hydrogens (tertiary/aromatic N) is 1. The van der Waals surface area contributed by atoms with Gasteiger partial charge < -0.3 is 29.9 Å². The Morgan fingerprint density at radius 3 is 2.50 bits per heavy atom. The number of anilines is 2. The summed E-state index contributed by atoms with van der Waals surface area (Å²) in [6, 6.07) is 12.0. The van der Waals surface area contributed by atoms with Gasteiger partial charge >= 0.3 is 5.97 Å². The molecule has 2 aromatic carbocycles. The van der Waals surface area contributed by atoms with Crippen LogP contribution in [0.5, 0.6) is 11.5 Å². The van der Waals surface area contributed by atoms with Crippen LogP contribution in [0, 0.1) is 0 Å². The van der Waals surface area contributed by atoms with Gasteiger partial charge in [0.15, 0.2) is 0 Å². The number of aliphatic hydroxyl groups is 1. The zero-order valence-corrected chi connectivity index (χ0v) is 22.9. The molecule has 2 aromatic rings. The number of rotatable bonds is 14. The third kappa shape index (κ3) is 9.07. The third-order valence-corrected chi connectivity index (χ3v) is 7.68. The minimum Gasteiger partial charge on any atom is -0.506 e. The molecule has 1 saturated heterocycles. The quantitative estimate of drug-likeness (QED) is 0.207. The molecule has 1 heterocycles. The number of phenols is 1. The Labute approximate surface area is 225 Å². The minimum atomic E-state index is -3.56. The number of benzene rings is 2. The summed E-state index contributed by atoms with van der Waals surface area (Å²) >= 11 is 0. The van der Waals surface area contributed by atoms with Crippen molar-refractivity contribution in [2.24, 2.45) is 0 Å². The van der Waals surface area contributed by atoms with Crippen molar-refractivity contribution in [3.63, 3.8) is 0 Å². The van der Waals surface area contributed by atoms with Gasteiger partial charge in [-0.25, -0.2) is 13.2 Å². The van der Waals surface area contributed by atoms with Crippen LogP contribution in [0.4, 0.5) is 11.4 Å². The molecule has 0 saturated carbocycles. The number of piperidine rings is 1. The average Bonchev–Trinajstić information content (AvgIpc) is 2.91. The molecule has 4 N–H and O–H groups in total. The molecule has 210 valence electrons. The maximum absolute atomic E-state index is 12.2. The normalized spacial score (nSPS) is 15.2. The van der Waals surface area contributed by atoms with Gasteiger partial charge in [-0.2, -0.15) is 0 Å². The fourth-order valence-electron chi connectivity index (χ4n) is 4.16. The molecular weight excluding hydrogens is 510 g/mol. The number of carbonyl (C=O) groups excluding carboxylic acids is 1. The van der Waals surface area contributed by atoms with E-state index >= 15 is 0 Å². The first-order valence-corrected chi connectivity index (χ1v) is 14.8. The molecule has 1 unspecified atom stereocenters. The van der Waals surface area contributed by atoms with Crippen molar-refractivity contribution in [1.29, 1.82) is 0 Å². The first-order valence-electron chi connectivity index (χ1n) is 13.1. The summed E-state index contributed by atoms with van der Waals surface area (Å²) in [5, 5.41) is 23.8. The molecule has 0 amide bonds. The van der Waals surface area contributed by atoms with E-state index in [0.717, 1.165) is 38.0 Å². The summed E-state index contributed by atoms with van der Waals surface area (Å²) in [5.41, 5.74) is 1.65. The Balaban J connectivity index is 1.40. The second-order valence-electron chi connectivity index (χ2n) is 9.36. The lowest BCUT2D eigenvalue weighted by Gasteiger charge is -2.34. The molecule has 1 aliphatic rings. The number of hydrogen-bond acceptors (Lipinski definition) is 9. The maximum Gasteiger partial charge on any atom is 0.338 e. The first-order chi connectivity index (χ1) is 18.2. The minimum absolute atomic E-state index is 0.0193. The van der Waals surface area contributed by atoms with Crippen LogP contribution in [-0.4, -0.2) is 75.3 Å². The van der Waals surface area contributed by atoms with Gasteiger partial charge in [-0.05, 0) is 62.6 Å². The summed E-state index contributed by atoms with van der Waals surface area (Å²) in [6.07, 6.45) is 2.32. The van der Waals surface area contributed by atoms with Gasteiger partial charge in [-0.3, -0.25) is 4.72 Å². The maximum atomic E-state index is 12.2. The van der Waals surface area contributed by atoms with Gasteiger partial charge in [0.25, 0.3) is 0 Å². The highest BCUT2D eigenvalue weighted by Gasteiger charge is 2.21. The second-order valence-corrected chi connectivity index (χ2v) is 11.2. The van der Waals surface area contributed by atoms with Gasteiger partial charge in [0.2, 0.25) is 10.0 Å². The van der Waals surface area contributed by atoms with Gasteiger partial charge in [0, 0.05) is 37.4 Å². The molecule has 0 bridgehead atoms. The van der Waals surface area contributed by atoms with Crippen LogP contribution in [0.3, 0.4) is 0 Å². The van der Waals surface area contributed by atoms with Gasteiger partial charge in [0.05, 0.1) is 23.6 Å². The van der Waals surface area contributed by atoms with Gasteiger partial charge in [0.1, 0.15) is 24.2 Å². The number of esters is 1. The van der Waals surface area contributed by atoms with Crippen LogP contribution in [-0.2, 0) is 14.8 Å². The molecule has 1 aliphatic heterocycles. The Hall–Kier alpha value is -3.02. The Morgan fingerprint density at radius 2 is 1.84 bits per heavy atom. The van der Waals surface area contributed by atoms with E-state index in [1.54, 1.807) is 19.1 Å². The number of unbranched alkanes of at least 4 members (excludes halogenated alkanes) is 1. The number of sulfonamides is 1. The summed E-state index contributed by atoms with van der Waals surface area (Å²) in [5.74, 6) is -0.195. The topological polar surface area (TPSA) is 137 Å². The smallest absolute Gasteiger partial charge is 0.338 e. The van der Waals surface area contributed by atoms with E-state index in [2.05, 4.69) is 14.9 Å². The fourth-order valence-corrected chi connectivity index (χ4v) is 5.43. The molecule has 0 radical (unpaired) electrons. The molecule has 1 atom stereocenters. The SMILES string of the molecule is CCCCS(=O)(=O)Nc1cc(OCC(O)CNC2CCN(c3ccc(C(=O)OCC)cc3)CC2)ccc1O. The zero-order chi connectivity index (χ0) is 27.5. The largest absolute Gasteiger partial charge is 0.506 e. The summed E-state index contributed by atoms with van der Waals surface area (Å²) < 4.78 is 37.4. The predicted molar refractivity (Wildman–Crippen MR) is 148 cm³/mol. The number of phenolic OH excluding ortho intramolecular Hbond substituents is 1. The zero-order valence-electron chi connectivity index (χ0n) is 22.1. The molecule has 0 aromatic heterocycles. The number of ether oxygens (including phenoxy) is 2. The highest BCUT2D eigenvalue weighted by molar-refractivity contribution is 7.92. The highest BCUT2D eigenvalue weighted by atomic mass is 32.2. The van der Waals surface area contributed by atoms with E-state index in [1.807, 2.05) is 19.1 Å². The van der Waals surface area contributed by atoms with Crippen LogP contribution in [0.2, 0.25) is 0 Å². The van der Waals surface area contributed by atoms with Crippen LogP contribution < -0.4 is 19.7 Å². The molecule has 38 heavy (non-hydrogen) atoms. The number of aromatic hydroxyl groups is 1.